The predicted molar refractivity (Wildman–Crippen MR) is 33.4 cm³/mol. The van der Waals surface area contributed by atoms with E-state index in [9.17, 15) is 9.59 Å². The minimum atomic E-state index is -0.951. The van der Waals surface area contributed by atoms with Crippen LogP contribution in [0, 0.1) is 0 Å². The van der Waals surface area contributed by atoms with Gasteiger partial charge in [0, 0.05) is 6.08 Å². The summed E-state index contributed by atoms with van der Waals surface area (Å²) in [6.45, 7) is 1.75. The fourth-order valence-corrected chi connectivity index (χ4v) is 0.338. The lowest BCUT2D eigenvalue weighted by atomic mass is 10.4. The van der Waals surface area contributed by atoms with Crippen molar-refractivity contribution in [3.63, 3.8) is 0 Å². The average Bonchev–Trinajstić information content (AvgIpc) is 1.89. The van der Waals surface area contributed by atoms with Crippen LogP contribution in [0.1, 0.15) is 6.92 Å². The summed E-state index contributed by atoms with van der Waals surface area (Å²) in [5.74, 6) is -1.81. The van der Waals surface area contributed by atoms with Crippen LogP contribution in [0.3, 0.4) is 0 Å². The van der Waals surface area contributed by atoms with Crippen LogP contribution in [0.5, 0.6) is 0 Å². The lowest BCUT2D eigenvalue weighted by Crippen LogP contribution is -2.14. The molecular formula is C6H8O4. The highest BCUT2D eigenvalue weighted by atomic mass is 16.5. The van der Waals surface area contributed by atoms with E-state index in [1.54, 1.807) is 6.92 Å². The summed E-state index contributed by atoms with van der Waals surface area (Å²) in [7, 11) is 0. The second kappa shape index (κ2) is 4.55. The fraction of sp³-hybridized carbons (Fsp3) is 0.333. The third-order valence-corrected chi connectivity index (χ3v) is 0.703. The minimum absolute atomic E-state index is 0.157. The summed E-state index contributed by atoms with van der Waals surface area (Å²) in [6, 6.07) is 0. The van der Waals surface area contributed by atoms with Gasteiger partial charge in [0.2, 0.25) is 0 Å². The van der Waals surface area contributed by atoms with E-state index in [1.807, 2.05) is 0 Å². The van der Waals surface area contributed by atoms with E-state index in [0.717, 1.165) is 6.08 Å². The smallest absolute Gasteiger partial charge is 0.379 e. The van der Waals surface area contributed by atoms with Gasteiger partial charge in [-0.05, 0) is 6.92 Å². The van der Waals surface area contributed by atoms with Crippen LogP contribution in [0.25, 0.3) is 0 Å². The molecule has 56 valence electrons. The molecule has 0 saturated carbocycles. The number of carbonyl (C=O) groups excluding carboxylic acids is 2. The van der Waals surface area contributed by atoms with Crippen LogP contribution in [0.2, 0.25) is 0 Å². The number of hydrogen-bond acceptors (Lipinski definition) is 4. The Morgan fingerprint density at radius 1 is 1.60 bits per heavy atom. The normalized spacial score (nSPS) is 9.70. The molecule has 0 spiro atoms. The second-order valence-electron chi connectivity index (χ2n) is 1.40. The molecule has 0 aliphatic heterocycles. The first-order valence-corrected chi connectivity index (χ1v) is 2.74. The largest absolute Gasteiger partial charge is 0.515 e. The highest BCUT2D eigenvalue weighted by molar-refractivity contribution is 6.38. The molecule has 0 radical (unpaired) electrons. The van der Waals surface area contributed by atoms with Gasteiger partial charge in [-0.1, -0.05) is 0 Å². The van der Waals surface area contributed by atoms with Gasteiger partial charge < -0.3 is 9.84 Å². The molecule has 0 aromatic heterocycles. The first-order valence-electron chi connectivity index (χ1n) is 2.74. The lowest BCUT2D eigenvalue weighted by Gasteiger charge is -1.94. The molecule has 0 rings (SSSR count). The van der Waals surface area contributed by atoms with Crippen molar-refractivity contribution in [3.05, 3.63) is 12.3 Å². The molecule has 4 heteroatoms. The van der Waals surface area contributed by atoms with Gasteiger partial charge in [0.25, 0.3) is 5.78 Å². The van der Waals surface area contributed by atoms with Crippen LogP contribution in [0.4, 0.5) is 0 Å². The Bertz CT molecular complexity index is 159. The first kappa shape index (κ1) is 8.68. The van der Waals surface area contributed by atoms with Gasteiger partial charge in [-0.3, -0.25) is 4.79 Å². The Labute approximate surface area is 58.1 Å². The monoisotopic (exact) mass is 144 g/mol. The molecule has 0 saturated heterocycles. The van der Waals surface area contributed by atoms with Gasteiger partial charge in [-0.25, -0.2) is 4.79 Å². The number of aliphatic hydroxyl groups excluding tert-OH is 1. The Kier molecular flexibility index (Phi) is 3.95. The molecular weight excluding hydrogens is 136 g/mol. The Balaban J connectivity index is 3.83. The highest BCUT2D eigenvalue weighted by Gasteiger charge is 2.09. The van der Waals surface area contributed by atoms with Crippen molar-refractivity contribution >= 4 is 11.8 Å². The quantitative estimate of drug-likeness (QED) is 0.266. The van der Waals surface area contributed by atoms with Crippen LogP contribution in [-0.4, -0.2) is 23.5 Å². The number of hydrogen-bond donors (Lipinski definition) is 1. The van der Waals surface area contributed by atoms with Crippen molar-refractivity contribution in [3.8, 4) is 0 Å². The van der Waals surface area contributed by atoms with E-state index >= 15 is 0 Å². The van der Waals surface area contributed by atoms with Crippen LogP contribution >= 0.6 is 0 Å². The zero-order chi connectivity index (χ0) is 7.98. The van der Waals surface area contributed by atoms with Gasteiger partial charge in [0.15, 0.2) is 0 Å². The van der Waals surface area contributed by atoms with Gasteiger partial charge in [-0.2, -0.15) is 0 Å². The minimum Gasteiger partial charge on any atom is -0.515 e. The number of carbonyl (C=O) groups is 2. The van der Waals surface area contributed by atoms with Gasteiger partial charge in [0.1, 0.15) is 0 Å². The zero-order valence-corrected chi connectivity index (χ0v) is 5.53. The lowest BCUT2D eigenvalue weighted by molar-refractivity contribution is -0.151. The summed E-state index contributed by atoms with van der Waals surface area (Å²) in [5.41, 5.74) is 0. The molecule has 0 atom stereocenters. The maximum Gasteiger partial charge on any atom is 0.379 e. The standard InChI is InChI=1S/C6H8O4/c1-2-10-6(9)5(8)3-4-7/h3-4,7H,2H2,1H3/b4-3-. The SMILES string of the molecule is CCOC(=O)C(=O)/C=C\O. The van der Waals surface area contributed by atoms with E-state index in [1.165, 1.54) is 0 Å². The van der Waals surface area contributed by atoms with Gasteiger partial charge in [-0.15, -0.1) is 0 Å². The summed E-state index contributed by atoms with van der Waals surface area (Å²) < 4.78 is 4.31. The number of ether oxygens (including phenoxy) is 1. The van der Waals surface area contributed by atoms with Crippen molar-refractivity contribution in [2.24, 2.45) is 0 Å². The molecule has 0 aromatic rings. The second-order valence-corrected chi connectivity index (χ2v) is 1.40. The summed E-state index contributed by atoms with van der Waals surface area (Å²) in [5, 5.41) is 8.04. The Morgan fingerprint density at radius 2 is 2.20 bits per heavy atom. The van der Waals surface area contributed by atoms with E-state index < -0.39 is 11.8 Å². The number of aliphatic hydroxyl groups is 1. The van der Waals surface area contributed by atoms with Gasteiger partial charge in [0.05, 0.1) is 12.9 Å². The number of ketones is 1. The summed E-state index contributed by atoms with van der Waals surface area (Å²) in [6.07, 6.45) is 1.23. The maximum absolute atomic E-state index is 10.4. The molecule has 1 N–H and O–H groups in total. The number of rotatable bonds is 3. The Hall–Kier alpha value is -1.32. The Morgan fingerprint density at radius 3 is 2.60 bits per heavy atom. The molecule has 0 aliphatic carbocycles. The topological polar surface area (TPSA) is 63.6 Å². The number of esters is 1. The average molecular weight is 144 g/mol. The zero-order valence-electron chi connectivity index (χ0n) is 5.53. The summed E-state index contributed by atoms with van der Waals surface area (Å²) in [4.78, 5) is 20.8. The maximum atomic E-state index is 10.4. The molecule has 0 heterocycles. The molecule has 0 aliphatic rings. The molecule has 0 amide bonds. The van der Waals surface area contributed by atoms with Crippen molar-refractivity contribution in [1.82, 2.24) is 0 Å². The third kappa shape index (κ3) is 2.86. The van der Waals surface area contributed by atoms with E-state index in [4.69, 9.17) is 5.11 Å². The van der Waals surface area contributed by atoms with Crippen molar-refractivity contribution < 1.29 is 19.4 Å². The predicted octanol–water partition coefficient (Wildman–Crippen LogP) is 0.190. The van der Waals surface area contributed by atoms with Crippen molar-refractivity contribution in [2.75, 3.05) is 6.61 Å². The van der Waals surface area contributed by atoms with E-state index in [0.29, 0.717) is 6.26 Å². The fourth-order valence-electron chi connectivity index (χ4n) is 0.338. The third-order valence-electron chi connectivity index (χ3n) is 0.703. The molecule has 0 aromatic carbocycles. The molecule has 0 fully saturated rings. The summed E-state index contributed by atoms with van der Waals surface area (Å²) >= 11 is 0. The first-order chi connectivity index (χ1) is 4.72. The van der Waals surface area contributed by atoms with E-state index in [2.05, 4.69) is 4.74 Å². The van der Waals surface area contributed by atoms with Crippen LogP contribution in [0.15, 0.2) is 12.3 Å². The molecule has 0 bridgehead atoms. The molecule has 0 unspecified atom stereocenters. The van der Waals surface area contributed by atoms with E-state index in [-0.39, 0.29) is 6.61 Å². The van der Waals surface area contributed by atoms with Crippen molar-refractivity contribution in [1.29, 1.82) is 0 Å². The molecule has 4 nitrogen and oxygen atoms in total. The van der Waals surface area contributed by atoms with Gasteiger partial charge >= 0.3 is 5.97 Å². The highest BCUT2D eigenvalue weighted by Crippen LogP contribution is 1.82. The van der Waals surface area contributed by atoms with Crippen molar-refractivity contribution in [2.45, 2.75) is 6.92 Å². The van der Waals surface area contributed by atoms with Crippen LogP contribution in [-0.2, 0) is 14.3 Å². The molecule has 10 heavy (non-hydrogen) atoms. The van der Waals surface area contributed by atoms with Crippen LogP contribution < -0.4 is 0 Å².